The summed E-state index contributed by atoms with van der Waals surface area (Å²) in [7, 11) is 0. The fraction of sp³-hybridized carbons (Fsp3) is 0.261. The predicted molar refractivity (Wildman–Crippen MR) is 110 cm³/mol. The summed E-state index contributed by atoms with van der Waals surface area (Å²) in [4.78, 5) is 12.7. The highest BCUT2D eigenvalue weighted by Gasteiger charge is 2.23. The van der Waals surface area contributed by atoms with Gasteiger partial charge < -0.3 is 5.32 Å². The van der Waals surface area contributed by atoms with Crippen LogP contribution in [0, 0.1) is 0 Å². The lowest BCUT2D eigenvalue weighted by molar-refractivity contribution is -0.121. The van der Waals surface area contributed by atoms with Crippen LogP contribution in [-0.2, 0) is 10.2 Å². The summed E-state index contributed by atoms with van der Waals surface area (Å²) in [6, 6.07) is 22.7. The number of amides is 1. The lowest BCUT2D eigenvalue weighted by atomic mass is 9.86. The molecule has 2 nitrogen and oxygen atoms in total. The van der Waals surface area contributed by atoms with Gasteiger partial charge in [0.05, 0.1) is 0 Å². The first-order valence-corrected chi connectivity index (χ1v) is 9.90. The van der Waals surface area contributed by atoms with Crippen molar-refractivity contribution in [3.63, 3.8) is 0 Å². The molecule has 0 spiro atoms. The van der Waals surface area contributed by atoms with Crippen molar-refractivity contribution in [2.24, 2.45) is 0 Å². The van der Waals surface area contributed by atoms with Crippen LogP contribution in [0.2, 0.25) is 0 Å². The highest BCUT2D eigenvalue weighted by molar-refractivity contribution is 7.08. The fourth-order valence-electron chi connectivity index (χ4n) is 3.13. The Balaban J connectivity index is 1.70. The summed E-state index contributed by atoms with van der Waals surface area (Å²) in [6.07, 6.45) is 0.452. The molecule has 0 aliphatic rings. The minimum absolute atomic E-state index is 0.0648. The summed E-state index contributed by atoms with van der Waals surface area (Å²) in [5, 5.41) is 7.39. The number of nitrogens with one attached hydrogen (secondary N) is 1. The molecular weight excluding hydrogens is 338 g/mol. The molecule has 0 atom stereocenters. The molecule has 0 saturated carbocycles. The Kier molecular flexibility index (Phi) is 5.89. The van der Waals surface area contributed by atoms with Gasteiger partial charge in [-0.2, -0.15) is 11.3 Å². The first-order chi connectivity index (χ1) is 12.6. The number of hydrogen-bond acceptors (Lipinski definition) is 2. The molecule has 2 aromatic carbocycles. The standard InChI is InChI=1S/C23H25NOS/c1-23(2,20-13-14-26-16-20)17-24-22(25)15-21(18-9-5-3-6-10-18)19-11-7-4-8-12-19/h3-14,16,21H,15,17H2,1-2H3,(H,24,25). The molecule has 134 valence electrons. The van der Waals surface area contributed by atoms with Gasteiger partial charge in [0, 0.05) is 24.3 Å². The molecule has 1 heterocycles. The summed E-state index contributed by atoms with van der Waals surface area (Å²) < 4.78 is 0. The SMILES string of the molecule is CC(C)(CNC(=O)CC(c1ccccc1)c1ccccc1)c1ccsc1. The zero-order valence-electron chi connectivity index (χ0n) is 15.3. The lowest BCUT2D eigenvalue weighted by Gasteiger charge is -2.25. The van der Waals surface area contributed by atoms with E-state index in [-0.39, 0.29) is 17.2 Å². The maximum absolute atomic E-state index is 12.7. The van der Waals surface area contributed by atoms with Crippen LogP contribution in [-0.4, -0.2) is 12.5 Å². The minimum atomic E-state index is -0.0648. The van der Waals surface area contributed by atoms with Crippen molar-refractivity contribution in [3.8, 4) is 0 Å². The quantitative estimate of drug-likeness (QED) is 0.601. The molecule has 0 radical (unpaired) electrons. The van der Waals surface area contributed by atoms with Crippen LogP contribution in [0.4, 0.5) is 0 Å². The van der Waals surface area contributed by atoms with Crippen LogP contribution in [0.5, 0.6) is 0 Å². The van der Waals surface area contributed by atoms with Gasteiger partial charge in [-0.3, -0.25) is 4.79 Å². The molecule has 1 aromatic heterocycles. The lowest BCUT2D eigenvalue weighted by Crippen LogP contribution is -2.37. The third-order valence-electron chi connectivity index (χ3n) is 4.82. The number of carbonyl (C=O) groups excluding carboxylic acids is 1. The predicted octanol–water partition coefficient (Wildman–Crippen LogP) is 5.36. The smallest absolute Gasteiger partial charge is 0.220 e. The molecule has 3 heteroatoms. The number of benzene rings is 2. The first-order valence-electron chi connectivity index (χ1n) is 8.95. The van der Waals surface area contributed by atoms with Crippen LogP contribution in [0.3, 0.4) is 0 Å². The topological polar surface area (TPSA) is 29.1 Å². The van der Waals surface area contributed by atoms with Gasteiger partial charge in [0.1, 0.15) is 0 Å². The number of rotatable bonds is 7. The molecule has 0 saturated heterocycles. The van der Waals surface area contributed by atoms with E-state index in [2.05, 4.69) is 60.3 Å². The Morgan fingerprint density at radius 3 is 2.04 bits per heavy atom. The molecule has 1 amide bonds. The number of hydrogen-bond donors (Lipinski definition) is 1. The van der Waals surface area contributed by atoms with Crippen molar-refractivity contribution in [2.75, 3.05) is 6.54 Å². The summed E-state index contributed by atoms with van der Waals surface area (Å²) in [5.74, 6) is 0.160. The Morgan fingerprint density at radius 2 is 1.54 bits per heavy atom. The molecule has 3 rings (SSSR count). The van der Waals surface area contributed by atoms with Crippen LogP contribution < -0.4 is 5.32 Å². The second-order valence-electron chi connectivity index (χ2n) is 7.25. The van der Waals surface area contributed by atoms with Gasteiger partial charge in [0.25, 0.3) is 0 Å². The van der Waals surface area contributed by atoms with E-state index in [1.807, 2.05) is 36.4 Å². The van der Waals surface area contributed by atoms with Crippen LogP contribution in [0.15, 0.2) is 77.5 Å². The van der Waals surface area contributed by atoms with Crippen molar-refractivity contribution in [2.45, 2.75) is 31.6 Å². The van der Waals surface area contributed by atoms with E-state index in [0.29, 0.717) is 13.0 Å². The van der Waals surface area contributed by atoms with E-state index < -0.39 is 0 Å². The van der Waals surface area contributed by atoms with Crippen LogP contribution >= 0.6 is 11.3 Å². The van der Waals surface area contributed by atoms with Crippen molar-refractivity contribution < 1.29 is 4.79 Å². The van der Waals surface area contributed by atoms with Gasteiger partial charge in [-0.05, 0) is 33.5 Å². The van der Waals surface area contributed by atoms with E-state index in [1.54, 1.807) is 11.3 Å². The average Bonchev–Trinajstić information content (AvgIpc) is 3.22. The van der Waals surface area contributed by atoms with Gasteiger partial charge >= 0.3 is 0 Å². The molecule has 0 aliphatic heterocycles. The zero-order chi connectivity index (χ0) is 18.4. The summed E-state index contributed by atoms with van der Waals surface area (Å²) in [6.45, 7) is 4.97. The van der Waals surface area contributed by atoms with Gasteiger partial charge in [-0.1, -0.05) is 74.5 Å². The number of thiophene rings is 1. The molecule has 1 N–H and O–H groups in total. The molecule has 26 heavy (non-hydrogen) atoms. The van der Waals surface area contributed by atoms with E-state index >= 15 is 0 Å². The Morgan fingerprint density at radius 1 is 0.962 bits per heavy atom. The van der Waals surface area contributed by atoms with E-state index in [9.17, 15) is 4.79 Å². The van der Waals surface area contributed by atoms with Crippen molar-refractivity contribution in [1.29, 1.82) is 0 Å². The molecule has 0 bridgehead atoms. The largest absolute Gasteiger partial charge is 0.355 e. The summed E-state index contributed by atoms with van der Waals surface area (Å²) >= 11 is 1.69. The first kappa shape index (κ1) is 18.4. The van der Waals surface area contributed by atoms with Crippen LogP contribution in [0.25, 0.3) is 0 Å². The fourth-order valence-corrected chi connectivity index (χ4v) is 3.98. The van der Waals surface area contributed by atoms with Crippen molar-refractivity contribution in [3.05, 3.63) is 94.2 Å². The van der Waals surface area contributed by atoms with Gasteiger partial charge in [0.2, 0.25) is 5.91 Å². The maximum atomic E-state index is 12.7. The Labute approximate surface area is 159 Å². The molecule has 0 fully saturated rings. The van der Waals surface area contributed by atoms with Gasteiger partial charge in [0.15, 0.2) is 0 Å². The third kappa shape index (κ3) is 4.61. The second kappa shape index (κ2) is 8.33. The molecular formula is C23H25NOS. The van der Waals surface area contributed by atoms with Crippen molar-refractivity contribution in [1.82, 2.24) is 5.32 Å². The third-order valence-corrected chi connectivity index (χ3v) is 5.51. The normalized spacial score (nSPS) is 11.5. The van der Waals surface area contributed by atoms with Gasteiger partial charge in [-0.25, -0.2) is 0 Å². The monoisotopic (exact) mass is 363 g/mol. The van der Waals surface area contributed by atoms with E-state index in [1.165, 1.54) is 16.7 Å². The Hall–Kier alpha value is -2.39. The zero-order valence-corrected chi connectivity index (χ0v) is 16.1. The Bertz CT molecular complexity index is 770. The van der Waals surface area contributed by atoms with Gasteiger partial charge in [-0.15, -0.1) is 0 Å². The van der Waals surface area contributed by atoms with Crippen molar-refractivity contribution >= 4 is 17.2 Å². The molecule has 0 unspecified atom stereocenters. The van der Waals surface area contributed by atoms with E-state index in [4.69, 9.17) is 0 Å². The molecule has 3 aromatic rings. The highest BCUT2D eigenvalue weighted by atomic mass is 32.1. The van der Waals surface area contributed by atoms with E-state index in [0.717, 1.165) is 0 Å². The maximum Gasteiger partial charge on any atom is 0.220 e. The highest BCUT2D eigenvalue weighted by Crippen LogP contribution is 2.28. The average molecular weight is 364 g/mol. The van der Waals surface area contributed by atoms with Crippen LogP contribution in [0.1, 0.15) is 42.9 Å². The summed E-state index contributed by atoms with van der Waals surface area (Å²) in [5.41, 5.74) is 3.55. The second-order valence-corrected chi connectivity index (χ2v) is 8.03. The minimum Gasteiger partial charge on any atom is -0.355 e. The number of carbonyl (C=O) groups is 1. The molecule has 0 aliphatic carbocycles.